The Labute approximate surface area is 133 Å². The molecule has 2 unspecified atom stereocenters. The van der Waals surface area contributed by atoms with E-state index in [0.29, 0.717) is 0 Å². The molecule has 0 aliphatic carbocycles. The number of benzene rings is 1. The lowest BCUT2D eigenvalue weighted by molar-refractivity contribution is -0.156. The smallest absolute Gasteiger partial charge is 0.329 e. The van der Waals surface area contributed by atoms with E-state index >= 15 is 0 Å². The highest BCUT2D eigenvalue weighted by atomic mass is 32.2. The van der Waals surface area contributed by atoms with Crippen LogP contribution in [-0.4, -0.2) is 53.0 Å². The van der Waals surface area contributed by atoms with Crippen LogP contribution in [0.3, 0.4) is 0 Å². The molecule has 124 valence electrons. The van der Waals surface area contributed by atoms with Crippen LogP contribution in [0.4, 0.5) is 0 Å². The van der Waals surface area contributed by atoms with Crippen LogP contribution in [0.15, 0.2) is 36.4 Å². The van der Waals surface area contributed by atoms with Crippen molar-refractivity contribution in [2.24, 2.45) is 0 Å². The molecule has 0 saturated carbocycles. The summed E-state index contributed by atoms with van der Waals surface area (Å²) in [4.78, 5) is 33.9. The number of sulfone groups is 1. The Morgan fingerprint density at radius 3 is 2.00 bits per heavy atom. The van der Waals surface area contributed by atoms with Crippen molar-refractivity contribution in [2.45, 2.75) is 30.1 Å². The number of nitrogens with one attached hydrogen (secondary N) is 1. The molecule has 2 amide bonds. The number of hydrogen-bond acceptors (Lipinski definition) is 5. The van der Waals surface area contributed by atoms with Crippen LogP contribution in [0, 0.1) is 0 Å². The summed E-state index contributed by atoms with van der Waals surface area (Å²) in [7, 11) is -3.86. The van der Waals surface area contributed by atoms with Crippen molar-refractivity contribution in [3.8, 4) is 0 Å². The normalized spacial score (nSPS) is 27.1. The van der Waals surface area contributed by atoms with Crippen LogP contribution in [0.5, 0.6) is 0 Å². The molecule has 3 atom stereocenters. The number of aliphatic carboxylic acids is 1. The maximum absolute atomic E-state index is 11.9. The molecule has 8 nitrogen and oxygen atoms in total. The lowest BCUT2D eigenvalue weighted by Gasteiger charge is -2.34. The van der Waals surface area contributed by atoms with Gasteiger partial charge in [-0.2, -0.15) is 0 Å². The fourth-order valence-corrected chi connectivity index (χ4v) is 4.72. The van der Waals surface area contributed by atoms with E-state index in [9.17, 15) is 22.8 Å². The second-order valence-electron chi connectivity index (χ2n) is 5.11. The number of β-lactam (4-membered cyclic amide) rings is 1. The molecule has 2 aliphatic heterocycles. The van der Waals surface area contributed by atoms with E-state index in [1.165, 1.54) is 0 Å². The van der Waals surface area contributed by atoms with Crippen molar-refractivity contribution < 1.29 is 27.9 Å². The van der Waals surface area contributed by atoms with E-state index in [1.54, 1.807) is 0 Å². The fraction of sp³-hybridized carbons (Fsp3) is 0.357. The molecule has 2 aliphatic rings. The molecule has 2 saturated heterocycles. The summed E-state index contributed by atoms with van der Waals surface area (Å²) in [5.74, 6) is -2.62. The summed E-state index contributed by atoms with van der Waals surface area (Å²) in [6.07, 6.45) is -0.220. The third-order valence-electron chi connectivity index (χ3n) is 3.53. The summed E-state index contributed by atoms with van der Waals surface area (Å²) in [6, 6.07) is 10.5. The minimum atomic E-state index is -3.86. The molecule has 0 aromatic heterocycles. The van der Waals surface area contributed by atoms with Gasteiger partial charge in [-0.3, -0.25) is 9.59 Å². The van der Waals surface area contributed by atoms with Crippen molar-refractivity contribution >= 4 is 27.6 Å². The highest BCUT2D eigenvalue weighted by Gasteiger charge is 2.64. The molecular weight excluding hydrogens is 324 g/mol. The van der Waals surface area contributed by atoms with E-state index in [0.717, 1.165) is 11.8 Å². The average Bonchev–Trinajstić information content (AvgIpc) is 2.66. The van der Waals surface area contributed by atoms with Crippen molar-refractivity contribution in [1.29, 1.82) is 0 Å². The second kappa shape index (κ2) is 6.37. The zero-order valence-corrected chi connectivity index (χ0v) is 13.1. The monoisotopic (exact) mass is 340 g/mol. The number of carbonyl (C=O) groups is 3. The number of nitrogens with zero attached hydrogens (tertiary/aromatic N) is 1. The predicted octanol–water partition coefficient (Wildman–Crippen LogP) is -0.425. The van der Waals surface area contributed by atoms with Crippen LogP contribution in [0.25, 0.3) is 0 Å². The van der Waals surface area contributed by atoms with Gasteiger partial charge in [0.05, 0.1) is 6.42 Å². The quantitative estimate of drug-likeness (QED) is 0.705. The molecule has 2 heterocycles. The largest absolute Gasteiger partial charge is 0.480 e. The van der Waals surface area contributed by atoms with Crippen molar-refractivity contribution in [3.63, 3.8) is 0 Å². The van der Waals surface area contributed by atoms with Gasteiger partial charge in [0.2, 0.25) is 11.8 Å². The highest BCUT2D eigenvalue weighted by molar-refractivity contribution is 7.93. The zero-order chi connectivity index (χ0) is 17.2. The third kappa shape index (κ3) is 3.19. The predicted molar refractivity (Wildman–Crippen MR) is 79.6 cm³/mol. The topological polar surface area (TPSA) is 121 Å². The highest BCUT2D eigenvalue weighted by Crippen LogP contribution is 2.38. The molecule has 3 rings (SSSR count). The Morgan fingerprint density at radius 1 is 1.17 bits per heavy atom. The van der Waals surface area contributed by atoms with Crippen molar-refractivity contribution in [1.82, 2.24) is 10.2 Å². The maximum atomic E-state index is 11.9. The van der Waals surface area contributed by atoms with Crippen LogP contribution in [-0.2, 0) is 24.2 Å². The minimum Gasteiger partial charge on any atom is -0.480 e. The van der Waals surface area contributed by atoms with Crippen LogP contribution >= 0.6 is 0 Å². The third-order valence-corrected chi connectivity index (χ3v) is 5.77. The molecule has 0 radical (unpaired) electrons. The van der Waals surface area contributed by atoms with Gasteiger partial charge in [0.25, 0.3) is 0 Å². The summed E-state index contributed by atoms with van der Waals surface area (Å²) in [5.41, 5.74) is 0. The molecule has 23 heavy (non-hydrogen) atoms. The molecule has 0 bridgehead atoms. The van der Waals surface area contributed by atoms with Crippen LogP contribution in [0.2, 0.25) is 0 Å². The average molecular weight is 340 g/mol. The number of fused-ring (bicyclic) bond motifs is 1. The first kappa shape index (κ1) is 16.9. The van der Waals surface area contributed by atoms with E-state index in [2.05, 4.69) is 5.32 Å². The van der Waals surface area contributed by atoms with E-state index < -0.39 is 44.4 Å². The molecule has 1 aromatic carbocycles. The Balaban J connectivity index is 0.000000268. The van der Waals surface area contributed by atoms with Gasteiger partial charge in [0, 0.05) is 6.92 Å². The first-order valence-electron chi connectivity index (χ1n) is 6.80. The van der Waals surface area contributed by atoms with Gasteiger partial charge in [-0.25, -0.2) is 13.2 Å². The first-order chi connectivity index (χ1) is 10.8. The number of amides is 2. The van der Waals surface area contributed by atoms with E-state index in [4.69, 9.17) is 5.11 Å². The van der Waals surface area contributed by atoms with Gasteiger partial charge in [-0.1, -0.05) is 36.4 Å². The molecule has 0 spiro atoms. The van der Waals surface area contributed by atoms with E-state index in [1.807, 2.05) is 36.4 Å². The Morgan fingerprint density at radius 2 is 1.65 bits per heavy atom. The molecule has 9 heteroatoms. The summed E-state index contributed by atoms with van der Waals surface area (Å²) in [6.45, 7) is 1.09. The van der Waals surface area contributed by atoms with Crippen LogP contribution < -0.4 is 5.32 Å². The zero-order valence-electron chi connectivity index (χ0n) is 12.2. The Hall–Kier alpha value is -2.42. The molecule has 2 N–H and O–H groups in total. The Bertz CT molecular complexity index is 691. The standard InChI is InChI=1S/C8H10N2O6S.C6H6/c1-3(11)9-7-6(8(13)14)10-4(12)2-5(10)17(7,15)16;1-2-4-6-5-3-1/h5-7H,2H2,1H3,(H,9,11)(H,13,14);1-6H/t5-,6?,7?;/m1./s1. The lowest BCUT2D eigenvalue weighted by atomic mass is 10.1. The fourth-order valence-electron chi connectivity index (χ4n) is 2.50. The molecule has 1 aromatic rings. The number of carboxylic acids is 1. The van der Waals surface area contributed by atoms with Gasteiger partial charge < -0.3 is 15.3 Å². The van der Waals surface area contributed by atoms with Gasteiger partial charge in [0.1, 0.15) is 5.37 Å². The van der Waals surface area contributed by atoms with Gasteiger partial charge in [-0.05, 0) is 0 Å². The van der Waals surface area contributed by atoms with Crippen LogP contribution in [0.1, 0.15) is 13.3 Å². The number of carboxylic acid groups (broad SMARTS) is 1. The number of rotatable bonds is 2. The maximum Gasteiger partial charge on any atom is 0.329 e. The Kier molecular flexibility index (Phi) is 4.69. The number of carbonyl (C=O) groups excluding carboxylic acids is 2. The van der Waals surface area contributed by atoms with Gasteiger partial charge in [-0.15, -0.1) is 0 Å². The van der Waals surface area contributed by atoms with Gasteiger partial charge >= 0.3 is 5.97 Å². The lowest BCUT2D eigenvalue weighted by Crippen LogP contribution is -2.57. The minimum absolute atomic E-state index is 0.220. The summed E-state index contributed by atoms with van der Waals surface area (Å²) < 4.78 is 23.8. The summed E-state index contributed by atoms with van der Waals surface area (Å²) >= 11 is 0. The van der Waals surface area contributed by atoms with Gasteiger partial charge in [0.15, 0.2) is 21.3 Å². The second-order valence-corrected chi connectivity index (χ2v) is 7.34. The summed E-state index contributed by atoms with van der Waals surface area (Å²) in [5, 5.41) is 8.36. The molecule has 2 fully saturated rings. The van der Waals surface area contributed by atoms with E-state index in [-0.39, 0.29) is 6.42 Å². The van der Waals surface area contributed by atoms with Crippen molar-refractivity contribution in [3.05, 3.63) is 36.4 Å². The SMILES string of the molecule is CC(=O)NC1C(C(=O)O)N2C(=O)C[C@H]2S1(=O)=O.c1ccccc1. The first-order valence-corrected chi connectivity index (χ1v) is 8.41. The number of hydrogen-bond donors (Lipinski definition) is 2. The van der Waals surface area contributed by atoms with Crippen molar-refractivity contribution in [2.75, 3.05) is 0 Å². The molecular formula is C14H16N2O6S.